The number of benzene rings is 1. The molecule has 2 aromatic heterocycles. The fourth-order valence-electron chi connectivity index (χ4n) is 2.61. The summed E-state index contributed by atoms with van der Waals surface area (Å²) in [5, 5.41) is 9.08. The molecule has 5 nitrogen and oxygen atoms in total. The molecule has 28 heavy (non-hydrogen) atoms. The molecule has 0 aliphatic carbocycles. The zero-order chi connectivity index (χ0) is 20.3. The summed E-state index contributed by atoms with van der Waals surface area (Å²) >= 11 is 3.12. The summed E-state index contributed by atoms with van der Waals surface area (Å²) in [6.45, 7) is 7.72. The molecular weight excluding hydrogens is 441 g/mol. The minimum Gasteiger partial charge on any atom is -0.441 e. The largest absolute Gasteiger partial charge is 0.441 e. The monoisotopic (exact) mass is 461 g/mol. The zero-order valence-electron chi connectivity index (χ0n) is 16.0. The van der Waals surface area contributed by atoms with Crippen LogP contribution in [-0.2, 0) is 11.5 Å². The number of nitriles is 1. The molecule has 0 fully saturated rings. The molecule has 0 bridgehead atoms. The van der Waals surface area contributed by atoms with Gasteiger partial charge >= 0.3 is 0 Å². The average Bonchev–Trinajstić information content (AvgIpc) is 2.94. The molecule has 0 atom stereocenters. The minimum absolute atomic E-state index is 0.148. The van der Waals surface area contributed by atoms with Crippen LogP contribution in [0.3, 0.4) is 0 Å². The topological polar surface area (TPSA) is 60.1 Å². The third kappa shape index (κ3) is 4.98. The van der Waals surface area contributed by atoms with Gasteiger partial charge in [-0.1, -0.05) is 25.7 Å². The Morgan fingerprint density at radius 2 is 2.04 bits per heavy atom. The average molecular weight is 462 g/mol. The van der Waals surface area contributed by atoms with Crippen molar-refractivity contribution in [1.82, 2.24) is 9.55 Å². The maximum absolute atomic E-state index is 14.1. The van der Waals surface area contributed by atoms with E-state index in [1.807, 2.05) is 0 Å². The highest BCUT2D eigenvalue weighted by Crippen LogP contribution is 2.31. The molecule has 0 N–H and O–H groups in total. The molecule has 0 spiro atoms. The molecule has 0 aliphatic rings. The molecular formula is C20H21BrFN3O2Si. The Kier molecular flexibility index (Phi) is 6.18. The summed E-state index contributed by atoms with van der Waals surface area (Å²) < 4.78 is 27.8. The number of ether oxygens (including phenoxy) is 2. The van der Waals surface area contributed by atoms with Crippen molar-refractivity contribution in [2.75, 3.05) is 6.61 Å². The maximum atomic E-state index is 14.1. The number of hydrogen-bond acceptors (Lipinski definition) is 4. The number of aromatic nitrogens is 2. The quantitative estimate of drug-likeness (QED) is 0.249. The fraction of sp³-hybridized carbons (Fsp3) is 0.300. The van der Waals surface area contributed by atoms with Gasteiger partial charge in [0.05, 0.1) is 22.7 Å². The van der Waals surface area contributed by atoms with Crippen molar-refractivity contribution in [2.24, 2.45) is 0 Å². The molecule has 0 radical (unpaired) electrons. The molecule has 146 valence electrons. The van der Waals surface area contributed by atoms with E-state index >= 15 is 0 Å². The second-order valence-electron chi connectivity index (χ2n) is 7.67. The SMILES string of the molecule is C[Si](C)(C)CCOCn1c(Oc2cccc(C#N)c2)cc2nc(Br)c(F)cc21. The van der Waals surface area contributed by atoms with Crippen LogP contribution in [0.2, 0.25) is 25.7 Å². The van der Waals surface area contributed by atoms with E-state index in [0.29, 0.717) is 34.8 Å². The van der Waals surface area contributed by atoms with E-state index in [-0.39, 0.29) is 11.3 Å². The first-order valence-corrected chi connectivity index (χ1v) is 13.4. The van der Waals surface area contributed by atoms with Crippen molar-refractivity contribution in [2.45, 2.75) is 32.4 Å². The van der Waals surface area contributed by atoms with Crippen molar-refractivity contribution in [1.29, 1.82) is 5.26 Å². The Bertz CT molecular complexity index is 1040. The predicted octanol–water partition coefficient (Wildman–Crippen LogP) is 5.91. The van der Waals surface area contributed by atoms with Crippen LogP contribution in [0.15, 0.2) is 41.0 Å². The molecule has 0 saturated carbocycles. The Balaban J connectivity index is 1.92. The summed E-state index contributed by atoms with van der Waals surface area (Å²) in [4.78, 5) is 4.24. The molecule has 3 rings (SSSR count). The highest BCUT2D eigenvalue weighted by molar-refractivity contribution is 9.10. The lowest BCUT2D eigenvalue weighted by molar-refractivity contribution is 0.0858. The van der Waals surface area contributed by atoms with Crippen molar-refractivity contribution < 1.29 is 13.9 Å². The van der Waals surface area contributed by atoms with E-state index in [4.69, 9.17) is 14.7 Å². The predicted molar refractivity (Wildman–Crippen MR) is 113 cm³/mol. The van der Waals surface area contributed by atoms with Gasteiger partial charge in [0.25, 0.3) is 0 Å². The van der Waals surface area contributed by atoms with Crippen LogP contribution < -0.4 is 4.74 Å². The summed E-state index contributed by atoms with van der Waals surface area (Å²) in [5.41, 5.74) is 1.67. The van der Waals surface area contributed by atoms with Crippen LogP contribution in [-0.4, -0.2) is 24.2 Å². The summed E-state index contributed by atoms with van der Waals surface area (Å²) in [6, 6.07) is 13.1. The van der Waals surface area contributed by atoms with Crippen LogP contribution in [0.4, 0.5) is 4.39 Å². The van der Waals surface area contributed by atoms with E-state index in [2.05, 4.69) is 46.6 Å². The Morgan fingerprint density at radius 3 is 2.75 bits per heavy atom. The van der Waals surface area contributed by atoms with Gasteiger partial charge in [-0.3, -0.25) is 4.57 Å². The van der Waals surface area contributed by atoms with Gasteiger partial charge in [0, 0.05) is 26.8 Å². The summed E-state index contributed by atoms with van der Waals surface area (Å²) in [6.07, 6.45) is 0. The van der Waals surface area contributed by atoms with Crippen molar-refractivity contribution in [3.05, 3.63) is 52.4 Å². The molecule has 0 saturated heterocycles. The molecule has 3 aromatic rings. The van der Waals surface area contributed by atoms with E-state index in [1.165, 1.54) is 6.07 Å². The van der Waals surface area contributed by atoms with E-state index in [0.717, 1.165) is 6.04 Å². The first-order chi connectivity index (χ1) is 13.3. The molecule has 0 amide bonds. The van der Waals surface area contributed by atoms with E-state index < -0.39 is 13.9 Å². The van der Waals surface area contributed by atoms with Crippen LogP contribution in [0.1, 0.15) is 5.56 Å². The van der Waals surface area contributed by atoms with Crippen LogP contribution in [0.5, 0.6) is 11.6 Å². The lowest BCUT2D eigenvalue weighted by Crippen LogP contribution is -2.22. The number of halogens is 2. The molecule has 0 aliphatic heterocycles. The van der Waals surface area contributed by atoms with Gasteiger partial charge in [0.15, 0.2) is 5.82 Å². The second-order valence-corrected chi connectivity index (χ2v) is 14.0. The van der Waals surface area contributed by atoms with Gasteiger partial charge in [0.1, 0.15) is 17.1 Å². The maximum Gasteiger partial charge on any atom is 0.204 e. The summed E-state index contributed by atoms with van der Waals surface area (Å²) in [7, 11) is -1.21. The van der Waals surface area contributed by atoms with Crippen molar-refractivity contribution in [3.8, 4) is 17.7 Å². The highest BCUT2D eigenvalue weighted by atomic mass is 79.9. The second kappa shape index (κ2) is 8.43. The number of hydrogen-bond donors (Lipinski definition) is 0. The third-order valence-electron chi connectivity index (χ3n) is 4.16. The van der Waals surface area contributed by atoms with Gasteiger partial charge in [-0.2, -0.15) is 5.26 Å². The highest BCUT2D eigenvalue weighted by Gasteiger charge is 2.16. The Hall–Kier alpha value is -2.21. The smallest absolute Gasteiger partial charge is 0.204 e. The van der Waals surface area contributed by atoms with Gasteiger partial charge in [0.2, 0.25) is 5.88 Å². The lowest BCUT2D eigenvalue weighted by atomic mass is 10.2. The Morgan fingerprint density at radius 1 is 1.25 bits per heavy atom. The van der Waals surface area contributed by atoms with Crippen LogP contribution in [0.25, 0.3) is 11.0 Å². The van der Waals surface area contributed by atoms with Crippen LogP contribution >= 0.6 is 15.9 Å². The normalized spacial score (nSPS) is 11.6. The Labute approximate surface area is 172 Å². The first kappa shape index (κ1) is 20.5. The number of pyridine rings is 1. The third-order valence-corrected chi connectivity index (χ3v) is 6.42. The van der Waals surface area contributed by atoms with Gasteiger partial charge < -0.3 is 9.47 Å². The number of rotatable bonds is 7. The molecule has 8 heteroatoms. The summed E-state index contributed by atoms with van der Waals surface area (Å²) in [5.74, 6) is 0.541. The molecule has 1 aromatic carbocycles. The minimum atomic E-state index is -1.21. The van der Waals surface area contributed by atoms with Gasteiger partial charge in [-0.25, -0.2) is 9.37 Å². The van der Waals surface area contributed by atoms with Gasteiger partial charge in [-0.15, -0.1) is 0 Å². The number of fused-ring (bicyclic) bond motifs is 1. The molecule has 2 heterocycles. The standard InChI is InChI=1S/C20H21BrFN3O2Si/c1-28(2,3)8-7-26-13-25-18-10-16(22)20(21)24-17(18)11-19(25)27-15-6-4-5-14(9-15)12-23/h4-6,9-11H,7-8,13H2,1-3H3. The zero-order valence-corrected chi connectivity index (χ0v) is 18.6. The lowest BCUT2D eigenvalue weighted by Gasteiger charge is -2.17. The van der Waals surface area contributed by atoms with E-state index in [9.17, 15) is 4.39 Å². The fourth-order valence-corrected chi connectivity index (χ4v) is 3.67. The van der Waals surface area contributed by atoms with Gasteiger partial charge in [-0.05, 0) is 40.2 Å². The van der Waals surface area contributed by atoms with Crippen LogP contribution in [0, 0.1) is 17.1 Å². The van der Waals surface area contributed by atoms with Crippen molar-refractivity contribution in [3.63, 3.8) is 0 Å². The number of nitrogens with zero attached hydrogens (tertiary/aromatic N) is 3. The molecule has 0 unspecified atom stereocenters. The van der Waals surface area contributed by atoms with E-state index in [1.54, 1.807) is 34.9 Å². The van der Waals surface area contributed by atoms with Crippen molar-refractivity contribution >= 4 is 35.0 Å². The first-order valence-electron chi connectivity index (χ1n) is 8.88.